The number of thiophene rings is 1. The van der Waals surface area contributed by atoms with Crippen molar-refractivity contribution in [3.05, 3.63) is 40.2 Å². The molecule has 0 radical (unpaired) electrons. The summed E-state index contributed by atoms with van der Waals surface area (Å²) in [6.07, 6.45) is 3.74. The molecule has 0 unspecified atom stereocenters. The van der Waals surface area contributed by atoms with Crippen molar-refractivity contribution < 1.29 is 8.42 Å². The Morgan fingerprint density at radius 2 is 1.68 bits per heavy atom. The summed E-state index contributed by atoms with van der Waals surface area (Å²) in [5.41, 5.74) is 1.74. The van der Waals surface area contributed by atoms with E-state index in [2.05, 4.69) is 25.6 Å². The van der Waals surface area contributed by atoms with Gasteiger partial charge in [0.2, 0.25) is 0 Å². The lowest BCUT2D eigenvalue weighted by Gasteiger charge is -2.28. The van der Waals surface area contributed by atoms with Gasteiger partial charge in [-0.25, -0.2) is 8.42 Å². The minimum Gasteiger partial charge on any atom is -0.372 e. The van der Waals surface area contributed by atoms with Gasteiger partial charge in [-0.3, -0.25) is 4.72 Å². The van der Waals surface area contributed by atoms with E-state index in [0.717, 1.165) is 22.6 Å². The molecule has 1 aliphatic heterocycles. The molecule has 1 aromatic heterocycles. The molecule has 1 aliphatic rings. The van der Waals surface area contributed by atoms with Crippen LogP contribution in [0.4, 0.5) is 11.4 Å². The maximum atomic E-state index is 12.3. The summed E-state index contributed by atoms with van der Waals surface area (Å²) < 4.78 is 28.3. The Labute approximate surface area is 143 Å². The van der Waals surface area contributed by atoms with Crippen LogP contribution in [0.3, 0.4) is 0 Å². The van der Waals surface area contributed by atoms with Crippen molar-refractivity contribution in [2.24, 2.45) is 0 Å². The van der Waals surface area contributed by atoms with Crippen molar-refractivity contribution in [1.82, 2.24) is 0 Å². The first-order valence-corrected chi connectivity index (χ1v) is 10.3. The predicted octanol–water partition coefficient (Wildman–Crippen LogP) is 4.30. The Kier molecular flexibility index (Phi) is 4.75. The van der Waals surface area contributed by atoms with Gasteiger partial charge in [-0.15, -0.1) is 11.3 Å². The zero-order valence-corrected chi connectivity index (χ0v) is 15.2. The first-order chi connectivity index (χ1) is 10.5. The van der Waals surface area contributed by atoms with Crippen LogP contribution in [-0.2, 0) is 10.0 Å². The number of nitrogens with one attached hydrogen (secondary N) is 1. The standard InChI is InChI=1S/C15H17BrN2O2S2/c16-14-8-9-15(21-14)22(19,20)17-12-4-6-13(7-5-12)18-10-2-1-3-11-18/h4-9,17H,1-3,10-11H2. The first kappa shape index (κ1) is 15.8. The molecule has 22 heavy (non-hydrogen) atoms. The lowest BCUT2D eigenvalue weighted by Crippen LogP contribution is -2.29. The number of sulfonamides is 1. The fourth-order valence-electron chi connectivity index (χ4n) is 2.54. The van der Waals surface area contributed by atoms with E-state index in [0.29, 0.717) is 9.90 Å². The largest absolute Gasteiger partial charge is 0.372 e. The van der Waals surface area contributed by atoms with Gasteiger partial charge in [-0.05, 0) is 71.6 Å². The van der Waals surface area contributed by atoms with Crippen molar-refractivity contribution in [2.45, 2.75) is 23.5 Å². The van der Waals surface area contributed by atoms with Gasteiger partial charge in [0.15, 0.2) is 0 Å². The number of anilines is 2. The summed E-state index contributed by atoms with van der Waals surface area (Å²) in [4.78, 5) is 2.35. The SMILES string of the molecule is O=S(=O)(Nc1ccc(N2CCCCC2)cc1)c1ccc(Br)s1. The number of hydrogen-bond donors (Lipinski definition) is 1. The third-order valence-electron chi connectivity index (χ3n) is 3.65. The van der Waals surface area contributed by atoms with Crippen LogP contribution in [0.15, 0.2) is 44.4 Å². The molecule has 2 aromatic rings. The smallest absolute Gasteiger partial charge is 0.271 e. The first-order valence-electron chi connectivity index (χ1n) is 7.18. The normalized spacial score (nSPS) is 15.8. The lowest BCUT2D eigenvalue weighted by molar-refractivity contribution is 0.578. The predicted molar refractivity (Wildman–Crippen MR) is 95.3 cm³/mol. The number of piperidine rings is 1. The summed E-state index contributed by atoms with van der Waals surface area (Å²) in [5.74, 6) is 0. The van der Waals surface area contributed by atoms with E-state index in [1.165, 1.54) is 30.6 Å². The van der Waals surface area contributed by atoms with Crippen molar-refractivity contribution in [3.8, 4) is 0 Å². The van der Waals surface area contributed by atoms with E-state index >= 15 is 0 Å². The van der Waals surface area contributed by atoms with Gasteiger partial charge < -0.3 is 4.90 Å². The molecule has 2 heterocycles. The maximum absolute atomic E-state index is 12.3. The van der Waals surface area contributed by atoms with E-state index < -0.39 is 10.0 Å². The minimum atomic E-state index is -3.51. The second-order valence-corrected chi connectivity index (χ2v) is 9.63. The molecule has 7 heteroatoms. The number of hydrogen-bond acceptors (Lipinski definition) is 4. The lowest BCUT2D eigenvalue weighted by atomic mass is 10.1. The van der Waals surface area contributed by atoms with Crippen LogP contribution in [0.5, 0.6) is 0 Å². The number of halogens is 1. The van der Waals surface area contributed by atoms with Crippen molar-refractivity contribution in [2.75, 3.05) is 22.7 Å². The molecule has 0 bridgehead atoms. The molecule has 0 spiro atoms. The number of rotatable bonds is 4. The Balaban J connectivity index is 1.73. The van der Waals surface area contributed by atoms with E-state index in [1.807, 2.05) is 24.3 Å². The Hall–Kier alpha value is -1.05. The average molecular weight is 401 g/mol. The molecule has 0 saturated carbocycles. The fourth-order valence-corrected chi connectivity index (χ4v) is 5.61. The Morgan fingerprint density at radius 1 is 1.00 bits per heavy atom. The van der Waals surface area contributed by atoms with E-state index in [4.69, 9.17) is 0 Å². The van der Waals surface area contributed by atoms with Crippen molar-refractivity contribution in [3.63, 3.8) is 0 Å². The molecule has 1 N–H and O–H groups in total. The third-order valence-corrected chi connectivity index (χ3v) is 7.15. The molecule has 1 saturated heterocycles. The van der Waals surface area contributed by atoms with Crippen molar-refractivity contribution >= 4 is 48.7 Å². The Bertz CT molecular complexity index is 735. The van der Waals surface area contributed by atoms with Gasteiger partial charge in [0.1, 0.15) is 4.21 Å². The molecule has 1 aromatic carbocycles. The van der Waals surface area contributed by atoms with Gasteiger partial charge >= 0.3 is 0 Å². The highest BCUT2D eigenvalue weighted by atomic mass is 79.9. The fraction of sp³-hybridized carbons (Fsp3) is 0.333. The molecule has 0 atom stereocenters. The topological polar surface area (TPSA) is 49.4 Å². The molecule has 118 valence electrons. The molecule has 3 rings (SSSR count). The van der Waals surface area contributed by atoms with Crippen LogP contribution in [0.2, 0.25) is 0 Å². The van der Waals surface area contributed by atoms with Crippen LogP contribution in [-0.4, -0.2) is 21.5 Å². The highest BCUT2D eigenvalue weighted by Gasteiger charge is 2.17. The summed E-state index contributed by atoms with van der Waals surface area (Å²) in [7, 11) is -3.51. The third kappa shape index (κ3) is 3.64. The monoisotopic (exact) mass is 400 g/mol. The number of nitrogens with zero attached hydrogens (tertiary/aromatic N) is 1. The zero-order chi connectivity index (χ0) is 15.6. The second kappa shape index (κ2) is 6.60. The maximum Gasteiger partial charge on any atom is 0.271 e. The molecule has 4 nitrogen and oxygen atoms in total. The van der Waals surface area contributed by atoms with Crippen LogP contribution in [0.1, 0.15) is 19.3 Å². The quantitative estimate of drug-likeness (QED) is 0.831. The van der Waals surface area contributed by atoms with E-state index in [1.54, 1.807) is 12.1 Å². The van der Waals surface area contributed by atoms with E-state index in [-0.39, 0.29) is 0 Å². The summed E-state index contributed by atoms with van der Waals surface area (Å²) in [5, 5.41) is 0. The summed E-state index contributed by atoms with van der Waals surface area (Å²) >= 11 is 4.48. The molecule has 0 amide bonds. The van der Waals surface area contributed by atoms with Gasteiger partial charge in [0.05, 0.1) is 3.79 Å². The van der Waals surface area contributed by atoms with E-state index in [9.17, 15) is 8.42 Å². The van der Waals surface area contributed by atoms with Crippen LogP contribution >= 0.6 is 27.3 Å². The second-order valence-electron chi connectivity index (χ2n) is 5.26. The van der Waals surface area contributed by atoms with Crippen LogP contribution in [0, 0.1) is 0 Å². The van der Waals surface area contributed by atoms with Crippen LogP contribution in [0.25, 0.3) is 0 Å². The van der Waals surface area contributed by atoms with Crippen molar-refractivity contribution in [1.29, 1.82) is 0 Å². The molecule has 1 fully saturated rings. The minimum absolute atomic E-state index is 0.305. The highest BCUT2D eigenvalue weighted by molar-refractivity contribution is 9.11. The van der Waals surface area contributed by atoms with Crippen LogP contribution < -0.4 is 9.62 Å². The Morgan fingerprint density at radius 3 is 2.27 bits per heavy atom. The van der Waals surface area contributed by atoms with Gasteiger partial charge in [-0.2, -0.15) is 0 Å². The summed E-state index contributed by atoms with van der Waals surface area (Å²) in [6, 6.07) is 10.9. The zero-order valence-electron chi connectivity index (χ0n) is 12.0. The van der Waals surface area contributed by atoms with Gasteiger partial charge in [0, 0.05) is 24.5 Å². The highest BCUT2D eigenvalue weighted by Crippen LogP contribution is 2.28. The molecular formula is C15H17BrN2O2S2. The summed E-state index contributed by atoms with van der Waals surface area (Å²) in [6.45, 7) is 2.16. The molecule has 0 aliphatic carbocycles. The van der Waals surface area contributed by atoms with Gasteiger partial charge in [-0.1, -0.05) is 0 Å². The number of benzene rings is 1. The van der Waals surface area contributed by atoms with Gasteiger partial charge in [0.25, 0.3) is 10.0 Å². The molecular weight excluding hydrogens is 384 g/mol. The average Bonchev–Trinajstić information content (AvgIpc) is 2.96.